The van der Waals surface area contributed by atoms with E-state index in [1.54, 1.807) is 0 Å². The highest BCUT2D eigenvalue weighted by molar-refractivity contribution is 5.79. The molecular formula is C15H20N4. The maximum absolute atomic E-state index is 4.56. The van der Waals surface area contributed by atoms with Crippen LogP contribution in [0.25, 0.3) is 11.0 Å². The van der Waals surface area contributed by atoms with Gasteiger partial charge in [0.15, 0.2) is 0 Å². The second-order valence-corrected chi connectivity index (χ2v) is 5.95. The fraction of sp³-hybridized carbons (Fsp3) is 0.533. The number of piperidine rings is 3. The van der Waals surface area contributed by atoms with Crippen molar-refractivity contribution in [2.24, 2.45) is 13.0 Å². The van der Waals surface area contributed by atoms with Crippen molar-refractivity contribution in [3.05, 3.63) is 24.5 Å². The average molecular weight is 256 g/mol. The third kappa shape index (κ3) is 1.91. The topological polar surface area (TPSA) is 33.1 Å². The van der Waals surface area contributed by atoms with Gasteiger partial charge in [-0.15, -0.1) is 0 Å². The summed E-state index contributed by atoms with van der Waals surface area (Å²) in [7, 11) is 2.04. The molecule has 4 heteroatoms. The van der Waals surface area contributed by atoms with Gasteiger partial charge in [-0.2, -0.15) is 0 Å². The molecule has 2 aromatic heterocycles. The van der Waals surface area contributed by atoms with Crippen LogP contribution in [0.1, 0.15) is 12.8 Å². The summed E-state index contributed by atoms with van der Waals surface area (Å²) >= 11 is 0. The number of hydrogen-bond acceptors (Lipinski definition) is 3. The number of aromatic nitrogens is 2. The average Bonchev–Trinajstić information content (AvgIpc) is 2.81. The number of nitrogens with zero attached hydrogens (tertiary/aromatic N) is 3. The van der Waals surface area contributed by atoms with E-state index in [1.165, 1.54) is 37.9 Å². The van der Waals surface area contributed by atoms with E-state index in [2.05, 4.69) is 38.1 Å². The van der Waals surface area contributed by atoms with Crippen molar-refractivity contribution in [3.63, 3.8) is 0 Å². The van der Waals surface area contributed by atoms with Gasteiger partial charge in [0.2, 0.25) is 0 Å². The molecule has 3 fully saturated rings. The molecule has 3 saturated heterocycles. The Labute approximate surface area is 113 Å². The summed E-state index contributed by atoms with van der Waals surface area (Å²) in [5.74, 6) is 0.844. The van der Waals surface area contributed by atoms with Gasteiger partial charge in [-0.1, -0.05) is 0 Å². The van der Waals surface area contributed by atoms with Crippen molar-refractivity contribution in [1.82, 2.24) is 14.5 Å². The first kappa shape index (κ1) is 11.3. The molecule has 2 bridgehead atoms. The first-order valence-electron chi connectivity index (χ1n) is 7.19. The van der Waals surface area contributed by atoms with Crippen molar-refractivity contribution in [1.29, 1.82) is 0 Å². The Balaban J connectivity index is 1.58. The minimum absolute atomic E-state index is 0.602. The van der Waals surface area contributed by atoms with Crippen molar-refractivity contribution in [2.75, 3.05) is 25.0 Å². The monoisotopic (exact) mass is 256 g/mol. The maximum atomic E-state index is 4.56. The third-order valence-corrected chi connectivity index (χ3v) is 4.72. The molecule has 5 rings (SSSR count). The molecular weight excluding hydrogens is 236 g/mol. The van der Waals surface area contributed by atoms with Crippen LogP contribution in [0.3, 0.4) is 0 Å². The van der Waals surface area contributed by atoms with E-state index >= 15 is 0 Å². The van der Waals surface area contributed by atoms with E-state index < -0.39 is 0 Å². The molecule has 3 aliphatic heterocycles. The minimum Gasteiger partial charge on any atom is -0.379 e. The lowest BCUT2D eigenvalue weighted by molar-refractivity contribution is 0.0975. The van der Waals surface area contributed by atoms with Crippen LogP contribution < -0.4 is 5.32 Å². The van der Waals surface area contributed by atoms with Crippen molar-refractivity contribution >= 4 is 16.7 Å². The molecule has 0 aromatic carbocycles. The lowest BCUT2D eigenvalue weighted by Gasteiger charge is -2.45. The second kappa shape index (κ2) is 4.23. The van der Waals surface area contributed by atoms with Gasteiger partial charge >= 0.3 is 0 Å². The van der Waals surface area contributed by atoms with Crippen LogP contribution in [-0.2, 0) is 7.05 Å². The summed E-state index contributed by atoms with van der Waals surface area (Å²) in [6, 6.07) is 4.95. The zero-order chi connectivity index (χ0) is 12.8. The molecule has 3 aliphatic rings. The van der Waals surface area contributed by atoms with E-state index in [-0.39, 0.29) is 0 Å². The predicted molar refractivity (Wildman–Crippen MR) is 77.3 cm³/mol. The van der Waals surface area contributed by atoms with Gasteiger partial charge in [-0.25, -0.2) is 4.98 Å². The van der Waals surface area contributed by atoms with Gasteiger partial charge in [0.05, 0.1) is 11.9 Å². The number of fused-ring (bicyclic) bond motifs is 4. The maximum Gasteiger partial charge on any atom is 0.139 e. The van der Waals surface area contributed by atoms with Gasteiger partial charge in [0, 0.05) is 31.2 Å². The predicted octanol–water partition coefficient (Wildman–Crippen LogP) is 2.08. The first-order chi connectivity index (χ1) is 9.29. The van der Waals surface area contributed by atoms with E-state index in [9.17, 15) is 0 Å². The number of nitrogens with one attached hydrogen (secondary N) is 1. The highest BCUT2D eigenvalue weighted by atomic mass is 15.2. The Morgan fingerprint density at radius 2 is 2.16 bits per heavy atom. The Hall–Kier alpha value is -1.55. The summed E-state index contributed by atoms with van der Waals surface area (Å²) in [5.41, 5.74) is 2.22. The number of hydrogen-bond donors (Lipinski definition) is 1. The minimum atomic E-state index is 0.602. The molecule has 0 spiro atoms. The van der Waals surface area contributed by atoms with Crippen LogP contribution >= 0.6 is 0 Å². The van der Waals surface area contributed by atoms with Crippen LogP contribution in [0.15, 0.2) is 24.5 Å². The van der Waals surface area contributed by atoms with Gasteiger partial charge in [-0.05, 0) is 44.0 Å². The van der Waals surface area contributed by atoms with Crippen LogP contribution in [-0.4, -0.2) is 40.1 Å². The summed E-state index contributed by atoms with van der Waals surface area (Å²) < 4.78 is 2.06. The smallest absolute Gasteiger partial charge is 0.139 e. The quantitative estimate of drug-likeness (QED) is 0.893. The molecule has 5 heterocycles. The van der Waals surface area contributed by atoms with Crippen molar-refractivity contribution in [2.45, 2.75) is 18.9 Å². The summed E-state index contributed by atoms with van der Waals surface area (Å²) in [5, 5.41) is 4.92. The molecule has 0 radical (unpaired) electrons. The normalized spacial score (nSPS) is 29.8. The van der Waals surface area contributed by atoms with E-state index in [0.29, 0.717) is 6.04 Å². The van der Waals surface area contributed by atoms with Gasteiger partial charge in [0.1, 0.15) is 5.65 Å². The zero-order valence-electron chi connectivity index (χ0n) is 11.3. The van der Waals surface area contributed by atoms with Crippen molar-refractivity contribution in [3.8, 4) is 0 Å². The molecule has 100 valence electrons. The Kier molecular flexibility index (Phi) is 2.52. The van der Waals surface area contributed by atoms with Gasteiger partial charge in [0.25, 0.3) is 0 Å². The first-order valence-corrected chi connectivity index (χ1v) is 7.19. The highest BCUT2D eigenvalue weighted by Gasteiger charge is 2.33. The Bertz CT molecular complexity index is 595. The molecule has 0 amide bonds. The third-order valence-electron chi connectivity index (χ3n) is 4.72. The SMILES string of the molecule is Cn1ccc2cc(N[C@H]3CN4CCC3CC4)cnc21. The Morgan fingerprint density at radius 3 is 2.89 bits per heavy atom. The molecule has 0 saturated carbocycles. The van der Waals surface area contributed by atoms with Gasteiger partial charge < -0.3 is 14.8 Å². The standard InChI is InChI=1S/C15H20N4/c1-18-5-2-12-8-13(9-16-15(12)18)17-14-10-19-6-3-11(14)4-7-19/h2,5,8-9,11,14,17H,3-4,6-7,10H2,1H3/t14-/m0/s1. The molecule has 0 unspecified atom stereocenters. The van der Waals surface area contributed by atoms with E-state index in [4.69, 9.17) is 0 Å². The van der Waals surface area contributed by atoms with Crippen molar-refractivity contribution < 1.29 is 0 Å². The lowest BCUT2D eigenvalue weighted by Crippen LogP contribution is -2.53. The molecule has 19 heavy (non-hydrogen) atoms. The number of aryl methyl sites for hydroxylation is 1. The molecule has 2 aromatic rings. The fourth-order valence-electron chi connectivity index (χ4n) is 3.58. The zero-order valence-corrected chi connectivity index (χ0v) is 11.3. The molecule has 1 N–H and O–H groups in total. The van der Waals surface area contributed by atoms with Crippen LogP contribution in [0.2, 0.25) is 0 Å². The van der Waals surface area contributed by atoms with E-state index in [0.717, 1.165) is 17.3 Å². The number of pyridine rings is 1. The molecule has 4 nitrogen and oxygen atoms in total. The van der Waals surface area contributed by atoms with E-state index in [1.807, 2.05) is 13.2 Å². The van der Waals surface area contributed by atoms with Crippen LogP contribution in [0.4, 0.5) is 5.69 Å². The lowest BCUT2D eigenvalue weighted by atomic mass is 9.84. The summed E-state index contributed by atoms with van der Waals surface area (Å²) in [6.45, 7) is 3.77. The summed E-state index contributed by atoms with van der Waals surface area (Å²) in [4.78, 5) is 7.13. The number of anilines is 1. The van der Waals surface area contributed by atoms with Gasteiger partial charge in [-0.3, -0.25) is 0 Å². The van der Waals surface area contributed by atoms with Crippen LogP contribution in [0.5, 0.6) is 0 Å². The molecule has 1 atom stereocenters. The summed E-state index contributed by atoms with van der Waals surface area (Å²) in [6.07, 6.45) is 6.73. The van der Waals surface area contributed by atoms with Crippen LogP contribution in [0, 0.1) is 5.92 Å². The highest BCUT2D eigenvalue weighted by Crippen LogP contribution is 2.30. The largest absolute Gasteiger partial charge is 0.379 e. The fourth-order valence-corrected chi connectivity index (χ4v) is 3.58. The molecule has 0 aliphatic carbocycles. The number of rotatable bonds is 2. The second-order valence-electron chi connectivity index (χ2n) is 5.95. The Morgan fingerprint density at radius 1 is 1.32 bits per heavy atom.